The second-order valence-corrected chi connectivity index (χ2v) is 4.84. The zero-order valence-electron chi connectivity index (χ0n) is 11.9. The topological polar surface area (TPSA) is 84.1 Å². The third-order valence-corrected chi connectivity index (χ3v) is 3.30. The Hall–Kier alpha value is -3.08. The van der Waals surface area contributed by atoms with Crippen LogP contribution in [0.15, 0.2) is 60.8 Å². The molecule has 0 bridgehead atoms. The third-order valence-electron chi connectivity index (χ3n) is 3.30. The number of nitrogens with zero attached hydrogens (tertiary/aromatic N) is 2. The highest BCUT2D eigenvalue weighted by Gasteiger charge is 2.12. The molecule has 0 saturated carbocycles. The normalized spacial score (nSPS) is 10.4. The van der Waals surface area contributed by atoms with E-state index in [1.807, 2.05) is 36.4 Å². The summed E-state index contributed by atoms with van der Waals surface area (Å²) in [6, 6.07) is 17.1. The quantitative estimate of drug-likeness (QED) is 0.688. The van der Waals surface area contributed by atoms with Gasteiger partial charge in [-0.15, -0.1) is 0 Å². The van der Waals surface area contributed by atoms with Crippen molar-refractivity contribution in [2.45, 2.75) is 6.54 Å². The highest BCUT2D eigenvalue weighted by atomic mass is 16.3. The molecule has 1 aromatic heterocycles. The third kappa shape index (κ3) is 2.98. The molecule has 22 heavy (non-hydrogen) atoms. The Labute approximate surface area is 128 Å². The van der Waals surface area contributed by atoms with E-state index in [4.69, 9.17) is 5.73 Å². The van der Waals surface area contributed by atoms with Gasteiger partial charge in [0.1, 0.15) is 5.75 Å². The number of nitrogens with two attached hydrogens (primary N) is 1. The van der Waals surface area contributed by atoms with Crippen molar-refractivity contribution in [2.24, 2.45) is 0 Å². The first-order chi connectivity index (χ1) is 10.7. The molecule has 0 saturated heterocycles. The predicted molar refractivity (Wildman–Crippen MR) is 87.3 cm³/mol. The molecule has 2 aromatic carbocycles. The Kier molecular flexibility index (Phi) is 3.87. The Bertz CT molecular complexity index is 775. The Morgan fingerprint density at radius 2 is 1.82 bits per heavy atom. The molecule has 1 heterocycles. The van der Waals surface area contributed by atoms with E-state index in [2.05, 4.69) is 15.3 Å². The van der Waals surface area contributed by atoms with Crippen molar-refractivity contribution in [3.8, 4) is 17.0 Å². The first kappa shape index (κ1) is 13.9. The molecule has 0 aliphatic rings. The molecular formula is C17H16N4O. The molecule has 3 rings (SSSR count). The van der Waals surface area contributed by atoms with Crippen LogP contribution in [0.2, 0.25) is 0 Å². The maximum atomic E-state index is 10.2. The lowest BCUT2D eigenvalue weighted by Crippen LogP contribution is -2.02. The van der Waals surface area contributed by atoms with Crippen LogP contribution in [0.5, 0.6) is 5.75 Å². The van der Waals surface area contributed by atoms with Crippen molar-refractivity contribution in [3.63, 3.8) is 0 Å². The summed E-state index contributed by atoms with van der Waals surface area (Å²) < 4.78 is 0. The minimum absolute atomic E-state index is 0.149. The van der Waals surface area contributed by atoms with Gasteiger partial charge < -0.3 is 16.2 Å². The van der Waals surface area contributed by atoms with E-state index in [9.17, 15) is 5.11 Å². The van der Waals surface area contributed by atoms with E-state index < -0.39 is 0 Å². The first-order valence-corrected chi connectivity index (χ1v) is 6.93. The number of aromatic hydroxyl groups is 1. The highest BCUT2D eigenvalue weighted by molar-refractivity contribution is 5.81. The van der Waals surface area contributed by atoms with Gasteiger partial charge in [0.15, 0.2) is 0 Å². The second-order valence-electron chi connectivity index (χ2n) is 4.84. The minimum atomic E-state index is 0.149. The van der Waals surface area contributed by atoms with Crippen molar-refractivity contribution in [1.82, 2.24) is 9.97 Å². The number of phenols is 1. The SMILES string of the molecule is Nc1nccc(-c2c(O)cccc2NCc2ccccc2)n1. The largest absolute Gasteiger partial charge is 0.507 e. The summed E-state index contributed by atoms with van der Waals surface area (Å²) in [5, 5.41) is 13.5. The molecule has 0 unspecified atom stereocenters. The molecule has 3 aromatic rings. The summed E-state index contributed by atoms with van der Waals surface area (Å²) in [5.41, 5.74) is 8.78. The number of phenolic OH excluding ortho intramolecular Hbond substituents is 1. The van der Waals surface area contributed by atoms with Gasteiger partial charge in [0.25, 0.3) is 0 Å². The molecule has 4 N–H and O–H groups in total. The summed E-state index contributed by atoms with van der Waals surface area (Å²) in [5.74, 6) is 0.325. The lowest BCUT2D eigenvalue weighted by Gasteiger charge is -2.13. The van der Waals surface area contributed by atoms with E-state index in [-0.39, 0.29) is 11.7 Å². The number of aromatic nitrogens is 2. The van der Waals surface area contributed by atoms with Crippen LogP contribution in [0.4, 0.5) is 11.6 Å². The summed E-state index contributed by atoms with van der Waals surface area (Å²) in [6.45, 7) is 0.651. The molecular weight excluding hydrogens is 276 g/mol. The highest BCUT2D eigenvalue weighted by Crippen LogP contribution is 2.35. The van der Waals surface area contributed by atoms with E-state index in [1.54, 1.807) is 24.4 Å². The van der Waals surface area contributed by atoms with Crippen molar-refractivity contribution >= 4 is 11.6 Å². The zero-order valence-corrected chi connectivity index (χ0v) is 11.9. The molecule has 0 aliphatic heterocycles. The van der Waals surface area contributed by atoms with Crippen LogP contribution in [0.1, 0.15) is 5.56 Å². The average molecular weight is 292 g/mol. The van der Waals surface area contributed by atoms with Gasteiger partial charge >= 0.3 is 0 Å². The van der Waals surface area contributed by atoms with Crippen molar-refractivity contribution < 1.29 is 5.11 Å². The van der Waals surface area contributed by atoms with Gasteiger partial charge in [-0.3, -0.25) is 0 Å². The number of nitrogens with one attached hydrogen (secondary N) is 1. The van der Waals surface area contributed by atoms with Crippen LogP contribution in [-0.4, -0.2) is 15.1 Å². The van der Waals surface area contributed by atoms with Gasteiger partial charge in [-0.05, 0) is 23.8 Å². The summed E-state index contributed by atoms with van der Waals surface area (Å²) >= 11 is 0. The van der Waals surface area contributed by atoms with E-state index >= 15 is 0 Å². The standard InChI is InChI=1S/C17H16N4O/c18-17-19-10-9-14(21-17)16-13(7-4-8-15(16)22)20-11-12-5-2-1-3-6-12/h1-10,20,22H,11H2,(H2,18,19,21). The fraction of sp³-hybridized carbons (Fsp3) is 0.0588. The molecule has 0 fully saturated rings. The summed E-state index contributed by atoms with van der Waals surface area (Å²) in [6.07, 6.45) is 1.57. The monoisotopic (exact) mass is 292 g/mol. The number of hydrogen-bond donors (Lipinski definition) is 3. The smallest absolute Gasteiger partial charge is 0.220 e. The molecule has 0 spiro atoms. The van der Waals surface area contributed by atoms with Crippen LogP contribution >= 0.6 is 0 Å². The number of nitrogen functional groups attached to an aromatic ring is 1. The van der Waals surface area contributed by atoms with Crippen LogP contribution in [0.3, 0.4) is 0 Å². The van der Waals surface area contributed by atoms with Gasteiger partial charge in [-0.25, -0.2) is 9.97 Å². The molecule has 0 amide bonds. The maximum absolute atomic E-state index is 10.2. The molecule has 0 radical (unpaired) electrons. The van der Waals surface area contributed by atoms with E-state index in [0.29, 0.717) is 17.8 Å². The molecule has 0 aliphatic carbocycles. The van der Waals surface area contributed by atoms with Gasteiger partial charge in [-0.1, -0.05) is 36.4 Å². The number of benzene rings is 2. The van der Waals surface area contributed by atoms with Gasteiger partial charge in [0, 0.05) is 18.4 Å². The number of anilines is 2. The van der Waals surface area contributed by atoms with E-state index in [0.717, 1.165) is 11.3 Å². The fourth-order valence-corrected chi connectivity index (χ4v) is 2.26. The van der Waals surface area contributed by atoms with Crippen LogP contribution in [0.25, 0.3) is 11.3 Å². The Morgan fingerprint density at radius 3 is 2.59 bits per heavy atom. The predicted octanol–water partition coefficient (Wildman–Crippen LogP) is 3.04. The van der Waals surface area contributed by atoms with Crippen LogP contribution in [0, 0.1) is 0 Å². The summed E-state index contributed by atoms with van der Waals surface area (Å²) in [4.78, 5) is 8.07. The Balaban J connectivity index is 1.93. The van der Waals surface area contributed by atoms with Crippen LogP contribution < -0.4 is 11.1 Å². The fourth-order valence-electron chi connectivity index (χ4n) is 2.26. The first-order valence-electron chi connectivity index (χ1n) is 6.93. The van der Waals surface area contributed by atoms with Crippen molar-refractivity contribution in [1.29, 1.82) is 0 Å². The molecule has 0 atom stereocenters. The average Bonchev–Trinajstić information content (AvgIpc) is 2.54. The van der Waals surface area contributed by atoms with E-state index in [1.165, 1.54) is 0 Å². The molecule has 5 nitrogen and oxygen atoms in total. The minimum Gasteiger partial charge on any atom is -0.507 e. The van der Waals surface area contributed by atoms with Gasteiger partial charge in [-0.2, -0.15) is 0 Å². The van der Waals surface area contributed by atoms with Crippen molar-refractivity contribution in [3.05, 3.63) is 66.4 Å². The summed E-state index contributed by atoms with van der Waals surface area (Å²) in [7, 11) is 0. The Morgan fingerprint density at radius 1 is 1.00 bits per heavy atom. The second kappa shape index (κ2) is 6.13. The lowest BCUT2D eigenvalue weighted by molar-refractivity contribution is 0.477. The number of rotatable bonds is 4. The molecule has 110 valence electrons. The molecule has 5 heteroatoms. The van der Waals surface area contributed by atoms with Gasteiger partial charge in [0.2, 0.25) is 5.95 Å². The van der Waals surface area contributed by atoms with Crippen molar-refractivity contribution in [2.75, 3.05) is 11.1 Å². The van der Waals surface area contributed by atoms with Gasteiger partial charge in [0.05, 0.1) is 11.3 Å². The zero-order chi connectivity index (χ0) is 15.4. The van der Waals surface area contributed by atoms with Crippen LogP contribution in [-0.2, 0) is 6.54 Å². The number of hydrogen-bond acceptors (Lipinski definition) is 5. The maximum Gasteiger partial charge on any atom is 0.220 e. The lowest BCUT2D eigenvalue weighted by atomic mass is 10.1.